The van der Waals surface area contributed by atoms with Crippen LogP contribution in [0.4, 0.5) is 5.69 Å². The maximum absolute atomic E-state index is 13.9. The van der Waals surface area contributed by atoms with Gasteiger partial charge >= 0.3 is 0 Å². The molecule has 0 aliphatic carbocycles. The molecule has 1 unspecified atom stereocenters. The van der Waals surface area contributed by atoms with Crippen molar-refractivity contribution in [3.05, 3.63) is 52.8 Å². The van der Waals surface area contributed by atoms with Crippen LogP contribution in [0.15, 0.2) is 47.3 Å². The maximum atomic E-state index is 13.9. The van der Waals surface area contributed by atoms with Crippen LogP contribution in [0, 0.1) is 5.92 Å². The van der Waals surface area contributed by atoms with E-state index in [1.54, 1.807) is 7.11 Å². The predicted molar refractivity (Wildman–Crippen MR) is 152 cm³/mol. The average Bonchev–Trinajstić information content (AvgIpc) is 3.38. The van der Waals surface area contributed by atoms with Crippen LogP contribution in [0.25, 0.3) is 22.3 Å². The van der Waals surface area contributed by atoms with E-state index in [-0.39, 0.29) is 24.1 Å². The molecule has 3 aromatic rings. The third kappa shape index (κ3) is 5.85. The summed E-state index contributed by atoms with van der Waals surface area (Å²) in [6.07, 6.45) is 5.15. The Hall–Kier alpha value is -3.39. The summed E-state index contributed by atoms with van der Waals surface area (Å²) in [6.45, 7) is 9.31. The van der Waals surface area contributed by atoms with Crippen molar-refractivity contribution < 1.29 is 9.53 Å². The third-order valence-corrected chi connectivity index (χ3v) is 7.63. The van der Waals surface area contributed by atoms with E-state index in [0.717, 1.165) is 30.9 Å². The van der Waals surface area contributed by atoms with Gasteiger partial charge in [-0.1, -0.05) is 18.6 Å². The Balaban J connectivity index is 1.47. The van der Waals surface area contributed by atoms with Crippen molar-refractivity contribution in [1.82, 2.24) is 19.8 Å². The monoisotopic (exact) mass is 517 g/mol. The number of amides is 1. The van der Waals surface area contributed by atoms with Gasteiger partial charge in [0.25, 0.3) is 5.56 Å². The minimum absolute atomic E-state index is 0.0217. The number of hydrogen-bond acceptors (Lipinski definition) is 6. The molecule has 1 atom stereocenters. The Bertz CT molecular complexity index is 1350. The van der Waals surface area contributed by atoms with Crippen LogP contribution < -0.4 is 20.5 Å². The van der Waals surface area contributed by atoms with Crippen molar-refractivity contribution >= 4 is 22.5 Å². The summed E-state index contributed by atoms with van der Waals surface area (Å²) in [6, 6.07) is 13.4. The number of ether oxygens (including phenoxy) is 1. The number of nitrogens with one attached hydrogen (secondary N) is 1. The average molecular weight is 518 g/mol. The van der Waals surface area contributed by atoms with Crippen LogP contribution in [-0.2, 0) is 11.3 Å². The molecule has 38 heavy (non-hydrogen) atoms. The summed E-state index contributed by atoms with van der Waals surface area (Å²) in [5, 5.41) is 3.43. The smallest absolute Gasteiger partial charge is 0.262 e. The first kappa shape index (κ1) is 26.2. The van der Waals surface area contributed by atoms with E-state index in [9.17, 15) is 9.59 Å². The molecule has 5 rings (SSSR count). The predicted octanol–water partition coefficient (Wildman–Crippen LogP) is 3.91. The second kappa shape index (κ2) is 11.6. The summed E-state index contributed by atoms with van der Waals surface area (Å²) < 4.78 is 6.88. The van der Waals surface area contributed by atoms with E-state index in [4.69, 9.17) is 9.72 Å². The lowest BCUT2D eigenvalue weighted by molar-refractivity contribution is -0.122. The van der Waals surface area contributed by atoms with E-state index in [1.807, 2.05) is 50.2 Å². The molecule has 2 saturated heterocycles. The van der Waals surface area contributed by atoms with Crippen molar-refractivity contribution in [2.24, 2.45) is 5.92 Å². The Kier molecular flexibility index (Phi) is 7.98. The molecular formula is C30H39N5O3. The number of piperidine rings is 1. The van der Waals surface area contributed by atoms with Gasteiger partial charge in [-0.15, -0.1) is 0 Å². The Morgan fingerprint density at radius 3 is 2.68 bits per heavy atom. The molecule has 2 fully saturated rings. The maximum Gasteiger partial charge on any atom is 0.262 e. The topological polar surface area (TPSA) is 79.7 Å². The van der Waals surface area contributed by atoms with E-state index in [2.05, 4.69) is 21.2 Å². The quantitative estimate of drug-likeness (QED) is 0.488. The van der Waals surface area contributed by atoms with Gasteiger partial charge in [0.2, 0.25) is 5.91 Å². The van der Waals surface area contributed by atoms with E-state index in [1.165, 1.54) is 43.3 Å². The third-order valence-electron chi connectivity index (χ3n) is 7.63. The fourth-order valence-electron chi connectivity index (χ4n) is 5.77. The largest absolute Gasteiger partial charge is 0.497 e. The minimum atomic E-state index is -0.219. The summed E-state index contributed by atoms with van der Waals surface area (Å²) in [5.74, 6) is 1.55. The molecule has 0 spiro atoms. The Morgan fingerprint density at radius 2 is 1.92 bits per heavy atom. The molecule has 2 aliphatic heterocycles. The molecule has 2 aliphatic rings. The highest BCUT2D eigenvalue weighted by Crippen LogP contribution is 2.29. The fourth-order valence-corrected chi connectivity index (χ4v) is 5.77. The van der Waals surface area contributed by atoms with Gasteiger partial charge in [-0.25, -0.2) is 4.98 Å². The van der Waals surface area contributed by atoms with E-state index in [0.29, 0.717) is 28.4 Å². The van der Waals surface area contributed by atoms with Gasteiger partial charge in [0.1, 0.15) is 18.1 Å². The molecule has 202 valence electrons. The van der Waals surface area contributed by atoms with Crippen molar-refractivity contribution in [2.75, 3.05) is 44.7 Å². The molecule has 2 aromatic carbocycles. The van der Waals surface area contributed by atoms with Crippen LogP contribution in [0.5, 0.6) is 5.75 Å². The number of rotatable bonds is 8. The lowest BCUT2D eigenvalue weighted by Crippen LogP contribution is -2.37. The van der Waals surface area contributed by atoms with Crippen LogP contribution in [0.1, 0.15) is 39.5 Å². The molecule has 1 aromatic heterocycles. The zero-order valence-corrected chi connectivity index (χ0v) is 22.8. The number of carbonyl (C=O) groups is 1. The van der Waals surface area contributed by atoms with Crippen LogP contribution >= 0.6 is 0 Å². The first-order valence-corrected chi connectivity index (χ1v) is 13.9. The zero-order chi connectivity index (χ0) is 26.6. The second-order valence-electron chi connectivity index (χ2n) is 10.9. The molecule has 3 heterocycles. The molecule has 0 bridgehead atoms. The summed E-state index contributed by atoms with van der Waals surface area (Å²) in [4.78, 5) is 36.5. The van der Waals surface area contributed by atoms with Gasteiger partial charge in [-0.2, -0.15) is 0 Å². The van der Waals surface area contributed by atoms with Crippen molar-refractivity contribution in [1.29, 1.82) is 0 Å². The van der Waals surface area contributed by atoms with Crippen molar-refractivity contribution in [3.63, 3.8) is 0 Å². The number of anilines is 1. The summed E-state index contributed by atoms with van der Waals surface area (Å²) in [5.41, 5.74) is 2.19. The number of nitrogens with zero attached hydrogens (tertiary/aromatic N) is 4. The summed E-state index contributed by atoms with van der Waals surface area (Å²) >= 11 is 0. The first-order chi connectivity index (χ1) is 18.4. The van der Waals surface area contributed by atoms with Gasteiger partial charge in [0.15, 0.2) is 0 Å². The highest BCUT2D eigenvalue weighted by Gasteiger charge is 2.26. The van der Waals surface area contributed by atoms with Crippen molar-refractivity contribution in [3.8, 4) is 17.1 Å². The Labute approximate surface area is 224 Å². The molecule has 0 saturated carbocycles. The van der Waals surface area contributed by atoms with E-state index < -0.39 is 0 Å². The molecule has 1 amide bonds. The normalized spacial score (nSPS) is 18.3. The Morgan fingerprint density at radius 1 is 1.11 bits per heavy atom. The van der Waals surface area contributed by atoms with Gasteiger partial charge in [0, 0.05) is 36.9 Å². The van der Waals surface area contributed by atoms with Crippen LogP contribution in [0.2, 0.25) is 0 Å². The summed E-state index contributed by atoms with van der Waals surface area (Å²) in [7, 11) is 1.60. The molecule has 0 radical (unpaired) electrons. The van der Waals surface area contributed by atoms with Gasteiger partial charge in [-0.3, -0.25) is 14.2 Å². The highest BCUT2D eigenvalue weighted by atomic mass is 16.5. The number of benzene rings is 2. The zero-order valence-electron chi connectivity index (χ0n) is 22.8. The molecule has 8 heteroatoms. The molecule has 1 N–H and O–H groups in total. The molecule has 8 nitrogen and oxygen atoms in total. The van der Waals surface area contributed by atoms with E-state index >= 15 is 0 Å². The lowest BCUT2D eigenvalue weighted by Gasteiger charge is -2.29. The fraction of sp³-hybridized carbons (Fsp3) is 0.500. The SMILES string of the molecule is COc1cccc(-c2nc3ccc(N4CCC(CN5CCCCC5)C4)cc3c(=O)n2CC(=O)NC(C)C)c1. The number of hydrogen-bond donors (Lipinski definition) is 1. The van der Waals surface area contributed by atoms with Crippen LogP contribution in [-0.4, -0.2) is 66.2 Å². The van der Waals surface area contributed by atoms with Gasteiger partial charge < -0.3 is 19.9 Å². The number of fused-ring (bicyclic) bond motifs is 1. The van der Waals surface area contributed by atoms with Crippen LogP contribution in [0.3, 0.4) is 0 Å². The van der Waals surface area contributed by atoms with Gasteiger partial charge in [-0.05, 0) is 82.4 Å². The number of methoxy groups -OCH3 is 1. The number of carbonyl (C=O) groups excluding carboxylic acids is 1. The highest BCUT2D eigenvalue weighted by molar-refractivity contribution is 5.85. The van der Waals surface area contributed by atoms with Crippen molar-refractivity contribution in [2.45, 2.75) is 52.1 Å². The number of likely N-dealkylation sites (tertiary alicyclic amines) is 1. The lowest BCUT2D eigenvalue weighted by atomic mass is 10.1. The minimum Gasteiger partial charge on any atom is -0.497 e. The first-order valence-electron chi connectivity index (χ1n) is 13.9. The second-order valence-corrected chi connectivity index (χ2v) is 10.9. The number of aromatic nitrogens is 2. The van der Waals surface area contributed by atoms with Gasteiger partial charge in [0.05, 0.1) is 18.0 Å². The standard InChI is InChI=1S/C30H39N5O3/c1-21(2)31-28(36)20-35-29(23-8-7-9-25(16-23)38-3)32-27-11-10-24(17-26(27)30(35)37)34-15-12-22(19-34)18-33-13-5-4-6-14-33/h7-11,16-17,21-22H,4-6,12-15,18-20H2,1-3H3,(H,31,36). The molecular weight excluding hydrogens is 478 g/mol.